The first-order valence-electron chi connectivity index (χ1n) is 11.8. The smallest absolute Gasteiger partial charge is 0.203 e. The molecule has 0 saturated carbocycles. The van der Waals surface area contributed by atoms with Gasteiger partial charge in [0.15, 0.2) is 17.8 Å². The van der Waals surface area contributed by atoms with E-state index in [1.807, 2.05) is 24.3 Å². The summed E-state index contributed by atoms with van der Waals surface area (Å²) in [6, 6.07) is 25.0. The van der Waals surface area contributed by atoms with Crippen molar-refractivity contribution in [2.75, 3.05) is 52.8 Å². The van der Waals surface area contributed by atoms with Crippen molar-refractivity contribution in [2.24, 2.45) is 0 Å². The highest BCUT2D eigenvalue weighted by Crippen LogP contribution is 2.40. The number of ether oxygens (including phenoxy) is 3. The highest BCUT2D eigenvalue weighted by molar-refractivity contribution is 5.68. The van der Waals surface area contributed by atoms with Crippen molar-refractivity contribution >= 4 is 12.0 Å². The van der Waals surface area contributed by atoms with Crippen LogP contribution in [0.3, 0.4) is 0 Å². The molecule has 0 amide bonds. The molecule has 0 aromatic heterocycles. The maximum absolute atomic E-state index is 12.1. The SMILES string of the molecule is COc1cc(NC(C=O)N2CCN(C(c3ccccc3)c3ccccc3)CC2)cc(OC)c1OC. The molecule has 1 atom stereocenters. The van der Waals surface area contributed by atoms with Gasteiger partial charge in [-0.1, -0.05) is 60.7 Å². The van der Waals surface area contributed by atoms with Gasteiger partial charge in [-0.25, -0.2) is 0 Å². The number of piperazine rings is 1. The van der Waals surface area contributed by atoms with Gasteiger partial charge in [0.05, 0.1) is 27.4 Å². The number of anilines is 1. The molecule has 1 aliphatic rings. The molecule has 4 rings (SSSR count). The average Bonchev–Trinajstić information content (AvgIpc) is 2.93. The summed E-state index contributed by atoms with van der Waals surface area (Å²) in [6.45, 7) is 3.21. The second kappa shape index (κ2) is 11.7. The Morgan fingerprint density at radius 3 is 1.66 bits per heavy atom. The van der Waals surface area contributed by atoms with Crippen molar-refractivity contribution in [1.29, 1.82) is 0 Å². The van der Waals surface area contributed by atoms with Crippen molar-refractivity contribution in [3.63, 3.8) is 0 Å². The monoisotopic (exact) mass is 475 g/mol. The molecular formula is C28H33N3O4. The molecule has 7 nitrogen and oxygen atoms in total. The van der Waals surface area contributed by atoms with Gasteiger partial charge in [-0.15, -0.1) is 0 Å². The first kappa shape index (κ1) is 24.6. The Hall–Kier alpha value is -3.55. The van der Waals surface area contributed by atoms with Gasteiger partial charge in [-0.2, -0.15) is 0 Å². The Kier molecular flexibility index (Phi) is 8.23. The van der Waals surface area contributed by atoms with Gasteiger partial charge in [0.25, 0.3) is 0 Å². The van der Waals surface area contributed by atoms with Crippen LogP contribution in [-0.4, -0.2) is 69.8 Å². The van der Waals surface area contributed by atoms with Crippen LogP contribution >= 0.6 is 0 Å². The van der Waals surface area contributed by atoms with Gasteiger partial charge in [-0.05, 0) is 11.1 Å². The lowest BCUT2D eigenvalue weighted by atomic mass is 9.96. The van der Waals surface area contributed by atoms with Crippen LogP contribution in [0.1, 0.15) is 17.2 Å². The third-order valence-electron chi connectivity index (χ3n) is 6.45. The number of carbonyl (C=O) groups is 1. The molecule has 0 bridgehead atoms. The van der Waals surface area contributed by atoms with Gasteiger partial charge < -0.3 is 19.5 Å². The summed E-state index contributed by atoms with van der Waals surface area (Å²) in [6.07, 6.45) is 0.483. The molecule has 0 spiro atoms. The molecule has 0 aliphatic carbocycles. The van der Waals surface area contributed by atoms with E-state index < -0.39 is 6.17 Å². The van der Waals surface area contributed by atoms with E-state index in [0.29, 0.717) is 17.2 Å². The van der Waals surface area contributed by atoms with Gasteiger partial charge in [0, 0.05) is 44.0 Å². The maximum Gasteiger partial charge on any atom is 0.203 e. The van der Waals surface area contributed by atoms with Crippen LogP contribution in [0.4, 0.5) is 5.69 Å². The molecule has 1 aliphatic heterocycles. The quantitative estimate of drug-likeness (QED) is 0.444. The number of nitrogens with zero attached hydrogens (tertiary/aromatic N) is 2. The molecule has 0 radical (unpaired) electrons. The summed E-state index contributed by atoms with van der Waals surface area (Å²) in [7, 11) is 4.72. The topological polar surface area (TPSA) is 63.3 Å². The van der Waals surface area contributed by atoms with Gasteiger partial charge >= 0.3 is 0 Å². The third-order valence-corrected chi connectivity index (χ3v) is 6.45. The summed E-state index contributed by atoms with van der Waals surface area (Å²) < 4.78 is 16.3. The zero-order valence-corrected chi connectivity index (χ0v) is 20.5. The van der Waals surface area contributed by atoms with Crippen LogP contribution in [0.15, 0.2) is 72.8 Å². The Morgan fingerprint density at radius 1 is 0.743 bits per heavy atom. The fourth-order valence-corrected chi connectivity index (χ4v) is 4.71. The average molecular weight is 476 g/mol. The van der Waals surface area contributed by atoms with Crippen LogP contribution in [0.5, 0.6) is 17.2 Å². The predicted molar refractivity (Wildman–Crippen MR) is 137 cm³/mol. The van der Waals surface area contributed by atoms with Crippen molar-refractivity contribution in [3.05, 3.63) is 83.9 Å². The number of aldehydes is 1. The minimum absolute atomic E-state index is 0.178. The van der Waals surface area contributed by atoms with E-state index in [9.17, 15) is 4.79 Å². The summed E-state index contributed by atoms with van der Waals surface area (Å²) >= 11 is 0. The predicted octanol–water partition coefficient (Wildman–Crippen LogP) is 4.06. The highest BCUT2D eigenvalue weighted by atomic mass is 16.5. The van der Waals surface area contributed by atoms with E-state index in [1.54, 1.807) is 21.3 Å². The molecule has 3 aromatic rings. The first-order valence-corrected chi connectivity index (χ1v) is 11.8. The largest absolute Gasteiger partial charge is 0.493 e. The van der Waals surface area contributed by atoms with Crippen molar-refractivity contribution in [2.45, 2.75) is 12.2 Å². The molecule has 184 valence electrons. The summed E-state index contributed by atoms with van der Waals surface area (Å²) in [5, 5.41) is 3.33. The summed E-state index contributed by atoms with van der Waals surface area (Å²) in [5.41, 5.74) is 3.27. The lowest BCUT2D eigenvalue weighted by molar-refractivity contribution is -0.112. The number of nitrogens with one attached hydrogen (secondary N) is 1. The molecule has 1 saturated heterocycles. The van der Waals surface area contributed by atoms with Gasteiger partial charge in [-0.3, -0.25) is 14.6 Å². The maximum atomic E-state index is 12.1. The lowest BCUT2D eigenvalue weighted by Gasteiger charge is -2.41. The van der Waals surface area contributed by atoms with Crippen LogP contribution in [0.25, 0.3) is 0 Å². The highest BCUT2D eigenvalue weighted by Gasteiger charge is 2.29. The van der Waals surface area contributed by atoms with Crippen LogP contribution in [0, 0.1) is 0 Å². The Labute approximate surface area is 207 Å². The number of benzene rings is 3. The Morgan fingerprint density at radius 2 is 1.23 bits per heavy atom. The van der Waals surface area contributed by atoms with Crippen LogP contribution < -0.4 is 19.5 Å². The van der Waals surface area contributed by atoms with Gasteiger partial charge in [0.1, 0.15) is 6.17 Å². The summed E-state index contributed by atoms with van der Waals surface area (Å²) in [4.78, 5) is 16.7. The van der Waals surface area contributed by atoms with Crippen LogP contribution in [-0.2, 0) is 4.79 Å². The number of rotatable bonds is 10. The van der Waals surface area contributed by atoms with Crippen molar-refractivity contribution in [1.82, 2.24) is 9.80 Å². The second-order valence-corrected chi connectivity index (χ2v) is 8.44. The fourth-order valence-electron chi connectivity index (χ4n) is 4.71. The number of carbonyl (C=O) groups excluding carboxylic acids is 1. The molecule has 7 heteroatoms. The Balaban J connectivity index is 1.48. The summed E-state index contributed by atoms with van der Waals surface area (Å²) in [5.74, 6) is 1.60. The van der Waals surface area contributed by atoms with E-state index in [-0.39, 0.29) is 6.04 Å². The van der Waals surface area contributed by atoms with Crippen molar-refractivity contribution in [3.8, 4) is 17.2 Å². The first-order chi connectivity index (χ1) is 17.2. The number of hydrogen-bond acceptors (Lipinski definition) is 7. The zero-order valence-electron chi connectivity index (χ0n) is 20.5. The molecule has 3 aromatic carbocycles. The molecular weight excluding hydrogens is 442 g/mol. The van der Waals surface area contributed by atoms with Crippen molar-refractivity contribution < 1.29 is 19.0 Å². The normalized spacial score (nSPS) is 15.4. The molecule has 1 N–H and O–H groups in total. The van der Waals surface area contributed by atoms with Gasteiger partial charge in [0.2, 0.25) is 5.75 Å². The minimum Gasteiger partial charge on any atom is -0.493 e. The van der Waals surface area contributed by atoms with E-state index in [0.717, 1.165) is 38.2 Å². The van der Waals surface area contributed by atoms with E-state index in [2.05, 4.69) is 63.6 Å². The zero-order chi connectivity index (χ0) is 24.6. The minimum atomic E-state index is -0.466. The molecule has 1 heterocycles. The fraction of sp³-hybridized carbons (Fsp3) is 0.321. The standard InChI is InChI=1S/C28H33N3O4/c1-33-24-18-23(19-25(34-2)28(24)35-3)29-26(20-32)30-14-16-31(17-15-30)27(21-10-6-4-7-11-21)22-12-8-5-9-13-22/h4-13,18-20,26-27,29H,14-17H2,1-3H3. The van der Waals surface area contributed by atoms with Crippen LogP contribution in [0.2, 0.25) is 0 Å². The molecule has 1 fully saturated rings. The van der Waals surface area contributed by atoms with E-state index >= 15 is 0 Å². The second-order valence-electron chi connectivity index (χ2n) is 8.44. The van der Waals surface area contributed by atoms with E-state index in [4.69, 9.17) is 14.2 Å². The molecule has 1 unspecified atom stereocenters. The Bertz CT molecular complexity index is 1020. The molecule has 35 heavy (non-hydrogen) atoms. The number of methoxy groups -OCH3 is 3. The number of hydrogen-bond donors (Lipinski definition) is 1. The lowest BCUT2D eigenvalue weighted by Crippen LogP contribution is -2.54. The third kappa shape index (κ3) is 5.58. The van der Waals surface area contributed by atoms with E-state index in [1.165, 1.54) is 11.1 Å².